The highest BCUT2D eigenvalue weighted by Crippen LogP contribution is 2.44. The fourth-order valence-corrected chi connectivity index (χ4v) is 3.35. The smallest absolute Gasteiger partial charge is 0.407 e. The quantitative estimate of drug-likeness (QED) is 0.778. The number of Topliss-reactive ketones (excluding diaryl/α,β-unsaturated/α-hetero) is 1. The van der Waals surface area contributed by atoms with Crippen LogP contribution in [-0.4, -0.2) is 35.0 Å². The number of likely N-dealkylation sites (tertiary alicyclic amines) is 1. The third kappa shape index (κ3) is 1.82. The lowest BCUT2D eigenvalue weighted by Crippen LogP contribution is -2.45. The molecular weight excluding hydrogens is 242 g/mol. The average molecular weight is 259 g/mol. The van der Waals surface area contributed by atoms with Crippen molar-refractivity contribution in [3.05, 3.63) is 34.9 Å². The molecule has 1 aliphatic carbocycles. The number of aryl methyl sites for hydroxylation is 1. The van der Waals surface area contributed by atoms with Crippen molar-refractivity contribution in [1.82, 2.24) is 4.90 Å². The summed E-state index contributed by atoms with van der Waals surface area (Å²) in [6, 6.07) is 5.99. The van der Waals surface area contributed by atoms with E-state index in [1.807, 2.05) is 19.1 Å². The van der Waals surface area contributed by atoms with Crippen LogP contribution in [0.25, 0.3) is 0 Å². The van der Waals surface area contributed by atoms with Crippen molar-refractivity contribution in [2.75, 3.05) is 13.1 Å². The molecule has 2 aliphatic rings. The number of hydrogen-bond acceptors (Lipinski definition) is 2. The number of nitrogens with zero attached hydrogens (tertiary/aromatic N) is 1. The van der Waals surface area contributed by atoms with Gasteiger partial charge in [-0.2, -0.15) is 0 Å². The number of carbonyl (C=O) groups excluding carboxylic acids is 1. The van der Waals surface area contributed by atoms with Crippen LogP contribution in [0.2, 0.25) is 0 Å². The van der Waals surface area contributed by atoms with E-state index in [-0.39, 0.29) is 11.2 Å². The van der Waals surface area contributed by atoms with Gasteiger partial charge < -0.3 is 10.0 Å². The lowest BCUT2D eigenvalue weighted by Gasteiger charge is -2.36. The molecule has 4 heteroatoms. The van der Waals surface area contributed by atoms with Crippen molar-refractivity contribution in [3.63, 3.8) is 0 Å². The van der Waals surface area contributed by atoms with Gasteiger partial charge in [0.05, 0.1) is 0 Å². The normalized spacial score (nSPS) is 20.7. The maximum atomic E-state index is 12.6. The molecule has 100 valence electrons. The molecule has 1 spiro atoms. The van der Waals surface area contributed by atoms with Crippen LogP contribution in [0.3, 0.4) is 0 Å². The molecule has 0 unspecified atom stereocenters. The van der Waals surface area contributed by atoms with Crippen LogP contribution in [0.5, 0.6) is 0 Å². The minimum Gasteiger partial charge on any atom is -0.465 e. The van der Waals surface area contributed by atoms with E-state index in [2.05, 4.69) is 6.07 Å². The van der Waals surface area contributed by atoms with Gasteiger partial charge in [-0.05, 0) is 31.7 Å². The zero-order chi connectivity index (χ0) is 13.6. The van der Waals surface area contributed by atoms with Crippen molar-refractivity contribution >= 4 is 11.9 Å². The summed E-state index contributed by atoms with van der Waals surface area (Å²) in [6.45, 7) is 2.96. The van der Waals surface area contributed by atoms with Gasteiger partial charge in [-0.1, -0.05) is 23.8 Å². The first-order valence-corrected chi connectivity index (χ1v) is 6.64. The number of benzene rings is 1. The lowest BCUT2D eigenvalue weighted by molar-refractivity contribution is 0.0621. The predicted octanol–water partition coefficient (Wildman–Crippen LogP) is 2.49. The number of rotatable bonds is 0. The minimum atomic E-state index is -0.881. The van der Waals surface area contributed by atoms with Gasteiger partial charge in [0.2, 0.25) is 0 Å². The van der Waals surface area contributed by atoms with Crippen molar-refractivity contribution in [1.29, 1.82) is 0 Å². The van der Waals surface area contributed by atoms with Crippen molar-refractivity contribution in [3.8, 4) is 0 Å². The van der Waals surface area contributed by atoms with Crippen LogP contribution in [0.4, 0.5) is 4.79 Å². The Hall–Kier alpha value is -1.84. The van der Waals surface area contributed by atoms with Crippen LogP contribution in [0.15, 0.2) is 18.2 Å². The summed E-state index contributed by atoms with van der Waals surface area (Å²) in [4.78, 5) is 24.9. The van der Waals surface area contributed by atoms with Crippen LogP contribution in [-0.2, 0) is 6.42 Å². The van der Waals surface area contributed by atoms with E-state index in [4.69, 9.17) is 5.11 Å². The molecule has 1 saturated heterocycles. The first-order chi connectivity index (χ1) is 9.02. The van der Waals surface area contributed by atoms with Gasteiger partial charge in [0.25, 0.3) is 0 Å². The fraction of sp³-hybridized carbons (Fsp3) is 0.467. The van der Waals surface area contributed by atoms with Gasteiger partial charge in [0, 0.05) is 24.1 Å². The second kappa shape index (κ2) is 4.08. The predicted molar refractivity (Wildman–Crippen MR) is 70.5 cm³/mol. The van der Waals surface area contributed by atoms with E-state index in [0.717, 1.165) is 17.5 Å². The molecule has 1 aliphatic heterocycles. The summed E-state index contributed by atoms with van der Waals surface area (Å²) in [7, 11) is 0. The molecule has 4 nitrogen and oxygen atoms in total. The van der Waals surface area contributed by atoms with Gasteiger partial charge in [-0.15, -0.1) is 0 Å². The minimum absolute atomic E-state index is 0.215. The number of hydrogen-bond donors (Lipinski definition) is 1. The van der Waals surface area contributed by atoms with Crippen molar-refractivity contribution < 1.29 is 14.7 Å². The Kier molecular flexibility index (Phi) is 2.62. The first kappa shape index (κ1) is 12.2. The highest BCUT2D eigenvalue weighted by Gasteiger charge is 2.47. The molecule has 1 amide bonds. The molecule has 1 heterocycles. The number of carboxylic acid groups (broad SMARTS) is 1. The average Bonchev–Trinajstić information content (AvgIpc) is 2.63. The third-order valence-electron chi connectivity index (χ3n) is 4.51. The SMILES string of the molecule is Cc1ccc2c(c1)CC1(CCN(C(=O)O)CC1)C2=O. The number of ketones is 1. The second-order valence-corrected chi connectivity index (χ2v) is 5.72. The van der Waals surface area contributed by atoms with Crippen molar-refractivity contribution in [2.45, 2.75) is 26.2 Å². The van der Waals surface area contributed by atoms with Crippen LogP contribution in [0, 0.1) is 12.3 Å². The van der Waals surface area contributed by atoms with E-state index < -0.39 is 6.09 Å². The maximum absolute atomic E-state index is 12.6. The summed E-state index contributed by atoms with van der Waals surface area (Å²) in [6.07, 6.45) is 1.18. The third-order valence-corrected chi connectivity index (χ3v) is 4.51. The number of amides is 1. The molecular formula is C15H17NO3. The Labute approximate surface area is 112 Å². The topological polar surface area (TPSA) is 57.6 Å². The van der Waals surface area contributed by atoms with Crippen LogP contribution in [0.1, 0.15) is 34.3 Å². The van der Waals surface area contributed by atoms with E-state index in [1.54, 1.807) is 0 Å². The molecule has 1 aromatic carbocycles. The number of fused-ring (bicyclic) bond motifs is 1. The molecule has 1 aromatic rings. The Morgan fingerprint density at radius 1 is 1.32 bits per heavy atom. The molecule has 0 bridgehead atoms. The Bertz CT molecular complexity index is 557. The fourth-order valence-electron chi connectivity index (χ4n) is 3.35. The molecule has 19 heavy (non-hydrogen) atoms. The van der Waals surface area contributed by atoms with E-state index >= 15 is 0 Å². The second-order valence-electron chi connectivity index (χ2n) is 5.72. The first-order valence-electron chi connectivity index (χ1n) is 6.64. The molecule has 3 rings (SSSR count). The Balaban J connectivity index is 1.86. The summed E-state index contributed by atoms with van der Waals surface area (Å²) in [5.41, 5.74) is 2.80. The molecule has 1 fully saturated rings. The van der Waals surface area contributed by atoms with Crippen LogP contribution < -0.4 is 0 Å². The van der Waals surface area contributed by atoms with Gasteiger partial charge in [0.1, 0.15) is 0 Å². The van der Waals surface area contributed by atoms with Gasteiger partial charge in [0.15, 0.2) is 5.78 Å². The van der Waals surface area contributed by atoms with Crippen molar-refractivity contribution in [2.24, 2.45) is 5.41 Å². The maximum Gasteiger partial charge on any atom is 0.407 e. The molecule has 1 N–H and O–H groups in total. The van der Waals surface area contributed by atoms with E-state index in [1.165, 1.54) is 10.5 Å². The number of carbonyl (C=O) groups is 2. The van der Waals surface area contributed by atoms with E-state index in [9.17, 15) is 9.59 Å². The standard InChI is InChI=1S/C15H17NO3/c1-10-2-3-12-11(8-10)9-15(13(12)17)4-6-16(7-5-15)14(18)19/h2-3,8H,4-7,9H2,1H3,(H,18,19). The Morgan fingerprint density at radius 3 is 2.63 bits per heavy atom. The number of piperidine rings is 1. The lowest BCUT2D eigenvalue weighted by atomic mass is 9.75. The highest BCUT2D eigenvalue weighted by atomic mass is 16.4. The molecule has 0 aromatic heterocycles. The molecule has 0 atom stereocenters. The van der Waals surface area contributed by atoms with Gasteiger partial charge >= 0.3 is 6.09 Å². The van der Waals surface area contributed by atoms with Crippen LogP contribution >= 0.6 is 0 Å². The van der Waals surface area contributed by atoms with Gasteiger partial charge in [-0.25, -0.2) is 4.79 Å². The monoisotopic (exact) mass is 259 g/mol. The largest absolute Gasteiger partial charge is 0.465 e. The summed E-state index contributed by atoms with van der Waals surface area (Å²) >= 11 is 0. The summed E-state index contributed by atoms with van der Waals surface area (Å²) in [5.74, 6) is 0.215. The zero-order valence-corrected chi connectivity index (χ0v) is 11.0. The Morgan fingerprint density at radius 2 is 2.00 bits per heavy atom. The molecule has 0 saturated carbocycles. The van der Waals surface area contributed by atoms with E-state index in [0.29, 0.717) is 25.9 Å². The zero-order valence-electron chi connectivity index (χ0n) is 11.0. The highest BCUT2D eigenvalue weighted by molar-refractivity contribution is 6.05. The summed E-state index contributed by atoms with van der Waals surface area (Å²) in [5, 5.41) is 8.99. The molecule has 0 radical (unpaired) electrons. The summed E-state index contributed by atoms with van der Waals surface area (Å²) < 4.78 is 0. The van der Waals surface area contributed by atoms with Gasteiger partial charge in [-0.3, -0.25) is 4.79 Å².